The zero-order chi connectivity index (χ0) is 15.5. The predicted molar refractivity (Wildman–Crippen MR) is 79.0 cm³/mol. The number of carbonyl (C=O) groups is 1. The SMILES string of the molecule is CCOc1ccc(C(=O)NCCCOCCO)cc1OC. The number of aliphatic hydroxyl groups is 1. The molecule has 0 fully saturated rings. The summed E-state index contributed by atoms with van der Waals surface area (Å²) in [5.74, 6) is 0.989. The van der Waals surface area contributed by atoms with Crippen molar-refractivity contribution in [1.82, 2.24) is 5.32 Å². The van der Waals surface area contributed by atoms with Crippen LogP contribution in [0.25, 0.3) is 0 Å². The molecule has 1 amide bonds. The summed E-state index contributed by atoms with van der Waals surface area (Å²) < 4.78 is 15.7. The average molecular weight is 297 g/mol. The van der Waals surface area contributed by atoms with Crippen LogP contribution in [0.15, 0.2) is 18.2 Å². The summed E-state index contributed by atoms with van der Waals surface area (Å²) in [4.78, 5) is 12.0. The molecule has 21 heavy (non-hydrogen) atoms. The molecule has 0 unspecified atom stereocenters. The zero-order valence-electron chi connectivity index (χ0n) is 12.6. The van der Waals surface area contributed by atoms with E-state index in [0.29, 0.717) is 49.8 Å². The molecule has 1 aromatic rings. The number of carbonyl (C=O) groups excluding carboxylic acids is 1. The Kier molecular flexibility index (Phi) is 8.23. The second kappa shape index (κ2) is 10.0. The lowest BCUT2D eigenvalue weighted by Gasteiger charge is -2.11. The first-order valence-corrected chi connectivity index (χ1v) is 7.00. The maximum absolute atomic E-state index is 12.0. The van der Waals surface area contributed by atoms with E-state index >= 15 is 0 Å². The number of aliphatic hydroxyl groups excluding tert-OH is 1. The molecule has 0 spiro atoms. The fraction of sp³-hybridized carbons (Fsp3) is 0.533. The van der Waals surface area contributed by atoms with Gasteiger partial charge in [-0.25, -0.2) is 0 Å². The van der Waals surface area contributed by atoms with Gasteiger partial charge in [0.2, 0.25) is 0 Å². The normalized spacial score (nSPS) is 10.2. The number of amides is 1. The van der Waals surface area contributed by atoms with Gasteiger partial charge in [0.15, 0.2) is 11.5 Å². The van der Waals surface area contributed by atoms with Crippen molar-refractivity contribution in [3.05, 3.63) is 23.8 Å². The summed E-state index contributed by atoms with van der Waals surface area (Å²) >= 11 is 0. The highest BCUT2D eigenvalue weighted by Crippen LogP contribution is 2.27. The number of hydrogen-bond donors (Lipinski definition) is 2. The van der Waals surface area contributed by atoms with Gasteiger partial charge in [-0.3, -0.25) is 4.79 Å². The Bertz CT molecular complexity index is 436. The lowest BCUT2D eigenvalue weighted by Crippen LogP contribution is -2.25. The molecule has 0 saturated carbocycles. The van der Waals surface area contributed by atoms with Crippen LogP contribution in [-0.4, -0.2) is 51.1 Å². The van der Waals surface area contributed by atoms with Gasteiger partial charge in [-0.15, -0.1) is 0 Å². The van der Waals surface area contributed by atoms with E-state index in [0.717, 1.165) is 0 Å². The van der Waals surface area contributed by atoms with Gasteiger partial charge < -0.3 is 24.6 Å². The number of rotatable bonds is 10. The van der Waals surface area contributed by atoms with Crippen LogP contribution in [0.1, 0.15) is 23.7 Å². The van der Waals surface area contributed by atoms with Crippen LogP contribution in [0, 0.1) is 0 Å². The third kappa shape index (κ3) is 6.01. The van der Waals surface area contributed by atoms with Crippen LogP contribution < -0.4 is 14.8 Å². The third-order valence-corrected chi connectivity index (χ3v) is 2.71. The fourth-order valence-corrected chi connectivity index (χ4v) is 1.73. The summed E-state index contributed by atoms with van der Waals surface area (Å²) in [6.07, 6.45) is 0.694. The average Bonchev–Trinajstić information content (AvgIpc) is 2.51. The van der Waals surface area contributed by atoms with E-state index in [2.05, 4.69) is 5.32 Å². The van der Waals surface area contributed by atoms with E-state index in [4.69, 9.17) is 19.3 Å². The molecule has 0 radical (unpaired) electrons. The van der Waals surface area contributed by atoms with Crippen LogP contribution in [0.5, 0.6) is 11.5 Å². The van der Waals surface area contributed by atoms with Crippen LogP contribution in [0.4, 0.5) is 0 Å². The molecule has 6 heteroatoms. The highest BCUT2D eigenvalue weighted by Gasteiger charge is 2.10. The zero-order valence-corrected chi connectivity index (χ0v) is 12.6. The highest BCUT2D eigenvalue weighted by atomic mass is 16.5. The minimum absolute atomic E-state index is 0.0122. The molecule has 0 aliphatic rings. The molecule has 0 saturated heterocycles. The molecule has 0 heterocycles. The Morgan fingerprint density at radius 3 is 2.76 bits per heavy atom. The van der Waals surface area contributed by atoms with Crippen LogP contribution >= 0.6 is 0 Å². The van der Waals surface area contributed by atoms with Crippen LogP contribution in [0.3, 0.4) is 0 Å². The van der Waals surface area contributed by atoms with Crippen molar-refractivity contribution in [2.45, 2.75) is 13.3 Å². The van der Waals surface area contributed by atoms with Crippen molar-refractivity contribution in [3.63, 3.8) is 0 Å². The van der Waals surface area contributed by atoms with Crippen LogP contribution in [-0.2, 0) is 4.74 Å². The maximum atomic E-state index is 12.0. The second-order valence-corrected chi connectivity index (χ2v) is 4.24. The first kappa shape index (κ1) is 17.3. The van der Waals surface area contributed by atoms with Gasteiger partial charge in [0, 0.05) is 18.7 Å². The molecular weight excluding hydrogens is 274 g/mol. The van der Waals surface area contributed by atoms with Gasteiger partial charge in [-0.2, -0.15) is 0 Å². The van der Waals surface area contributed by atoms with Crippen molar-refractivity contribution in [3.8, 4) is 11.5 Å². The maximum Gasteiger partial charge on any atom is 0.251 e. The van der Waals surface area contributed by atoms with Crippen molar-refractivity contribution in [1.29, 1.82) is 0 Å². The third-order valence-electron chi connectivity index (χ3n) is 2.71. The van der Waals surface area contributed by atoms with Gasteiger partial charge in [0.25, 0.3) is 5.91 Å². The number of benzene rings is 1. The summed E-state index contributed by atoms with van der Waals surface area (Å²) in [7, 11) is 1.54. The summed E-state index contributed by atoms with van der Waals surface area (Å²) in [6, 6.07) is 5.08. The standard InChI is InChI=1S/C15H23NO5/c1-3-21-13-6-5-12(11-14(13)19-2)15(18)16-7-4-9-20-10-8-17/h5-6,11,17H,3-4,7-10H2,1-2H3,(H,16,18). The van der Waals surface area contributed by atoms with E-state index in [1.165, 1.54) is 7.11 Å². The fourth-order valence-electron chi connectivity index (χ4n) is 1.73. The van der Waals surface area contributed by atoms with E-state index in [9.17, 15) is 4.79 Å². The molecule has 0 aliphatic carbocycles. The molecule has 6 nitrogen and oxygen atoms in total. The summed E-state index contributed by atoms with van der Waals surface area (Å²) in [6.45, 7) is 3.78. The number of hydrogen-bond acceptors (Lipinski definition) is 5. The molecular formula is C15H23NO5. The van der Waals surface area contributed by atoms with Crippen LogP contribution in [0.2, 0.25) is 0 Å². The van der Waals surface area contributed by atoms with Gasteiger partial charge in [0.05, 0.1) is 26.9 Å². The number of ether oxygens (including phenoxy) is 3. The summed E-state index contributed by atoms with van der Waals surface area (Å²) in [5, 5.41) is 11.4. The van der Waals surface area contributed by atoms with Crippen molar-refractivity contribution in [2.24, 2.45) is 0 Å². The molecule has 0 aliphatic heterocycles. The van der Waals surface area contributed by atoms with E-state index in [1.54, 1.807) is 18.2 Å². The van der Waals surface area contributed by atoms with Crippen molar-refractivity contribution < 1.29 is 24.1 Å². The van der Waals surface area contributed by atoms with Gasteiger partial charge in [-0.1, -0.05) is 0 Å². The number of nitrogens with one attached hydrogen (secondary N) is 1. The Labute approximate surface area is 125 Å². The molecule has 0 aromatic heterocycles. The van der Waals surface area contributed by atoms with Gasteiger partial charge >= 0.3 is 0 Å². The topological polar surface area (TPSA) is 77.0 Å². The largest absolute Gasteiger partial charge is 0.493 e. The second-order valence-electron chi connectivity index (χ2n) is 4.24. The van der Waals surface area contributed by atoms with E-state index in [-0.39, 0.29) is 12.5 Å². The van der Waals surface area contributed by atoms with Gasteiger partial charge in [-0.05, 0) is 31.5 Å². The number of methoxy groups -OCH3 is 1. The summed E-state index contributed by atoms with van der Waals surface area (Å²) in [5.41, 5.74) is 0.520. The van der Waals surface area contributed by atoms with Crippen molar-refractivity contribution in [2.75, 3.05) is 40.1 Å². The predicted octanol–water partition coefficient (Wildman–Crippen LogP) is 1.22. The smallest absolute Gasteiger partial charge is 0.251 e. The molecule has 1 rings (SSSR count). The first-order valence-electron chi connectivity index (χ1n) is 7.00. The lowest BCUT2D eigenvalue weighted by atomic mass is 10.2. The Balaban J connectivity index is 2.46. The highest BCUT2D eigenvalue weighted by molar-refractivity contribution is 5.94. The minimum atomic E-state index is -0.168. The molecule has 118 valence electrons. The monoisotopic (exact) mass is 297 g/mol. The lowest BCUT2D eigenvalue weighted by molar-refractivity contribution is 0.0867. The molecule has 1 aromatic carbocycles. The molecule has 2 N–H and O–H groups in total. The minimum Gasteiger partial charge on any atom is -0.493 e. The molecule has 0 atom stereocenters. The Hall–Kier alpha value is -1.79. The Morgan fingerprint density at radius 1 is 1.29 bits per heavy atom. The van der Waals surface area contributed by atoms with E-state index in [1.807, 2.05) is 6.92 Å². The van der Waals surface area contributed by atoms with E-state index < -0.39 is 0 Å². The first-order chi connectivity index (χ1) is 10.2. The van der Waals surface area contributed by atoms with Gasteiger partial charge in [0.1, 0.15) is 0 Å². The Morgan fingerprint density at radius 2 is 2.10 bits per heavy atom. The van der Waals surface area contributed by atoms with Crippen molar-refractivity contribution >= 4 is 5.91 Å². The quantitative estimate of drug-likeness (QED) is 0.635. The molecule has 0 bridgehead atoms.